The fourth-order valence-electron chi connectivity index (χ4n) is 4.38. The zero-order valence-corrected chi connectivity index (χ0v) is 14.8. The molecule has 2 bridgehead atoms. The smallest absolute Gasteiger partial charge is 0.151 e. The number of nitrogens with two attached hydrogens (primary N) is 1. The van der Waals surface area contributed by atoms with Crippen molar-refractivity contribution in [1.82, 2.24) is 0 Å². The first kappa shape index (κ1) is 16.1. The normalized spacial score (nSPS) is 29.5. The van der Waals surface area contributed by atoms with Crippen molar-refractivity contribution in [3.63, 3.8) is 0 Å². The second kappa shape index (κ2) is 6.51. The summed E-state index contributed by atoms with van der Waals surface area (Å²) in [6, 6.07) is 16.3. The van der Waals surface area contributed by atoms with Gasteiger partial charge in [0.15, 0.2) is 5.78 Å². The molecule has 1 aliphatic carbocycles. The van der Waals surface area contributed by atoms with E-state index in [9.17, 15) is 4.79 Å². The minimum Gasteiger partial charge on any atom is -0.333 e. The summed E-state index contributed by atoms with van der Waals surface area (Å²) in [4.78, 5) is 13.0. The molecule has 1 aliphatic heterocycles. The third-order valence-corrected chi connectivity index (χ3v) is 6.06. The number of carbonyl (C=O) groups excluding carboxylic acids is 1. The Hall–Kier alpha value is -1.35. The molecule has 0 unspecified atom stereocenters. The van der Waals surface area contributed by atoms with Crippen LogP contribution in [0.3, 0.4) is 0 Å². The molecule has 2 aliphatic rings. The highest BCUT2D eigenvalue weighted by Crippen LogP contribution is 2.41. The number of ketones is 1. The average Bonchev–Trinajstić information content (AvgIpc) is 2.57. The predicted molar refractivity (Wildman–Crippen MR) is 96.1 cm³/mol. The van der Waals surface area contributed by atoms with Crippen LogP contribution in [0.4, 0.5) is 0 Å². The average molecular weight is 361 g/mol. The van der Waals surface area contributed by atoms with Gasteiger partial charge in [-0.2, -0.15) is 0 Å². The lowest BCUT2D eigenvalue weighted by Gasteiger charge is -2.42. The van der Waals surface area contributed by atoms with Crippen molar-refractivity contribution in [2.45, 2.75) is 31.3 Å². The standard InChI is InChI=1S/C20H19Cl2NO/c21-14-8-4-12(5-9-14)18-16-2-1-3-17(20(16)24)19(23-18)13-6-10-15(22)11-7-13/h4-11,16-19,23H,1-3H2/p+1/t16-,17-,18-,19-/m0/s1. The van der Waals surface area contributed by atoms with Crippen LogP contribution in [0.15, 0.2) is 48.5 Å². The first-order chi connectivity index (χ1) is 11.6. The number of piperidine rings is 1. The van der Waals surface area contributed by atoms with Gasteiger partial charge in [-0.3, -0.25) is 4.79 Å². The maximum absolute atomic E-state index is 13.0. The number of carbonyl (C=O) groups is 1. The summed E-state index contributed by atoms with van der Waals surface area (Å²) in [5.41, 5.74) is 2.38. The molecule has 1 saturated carbocycles. The van der Waals surface area contributed by atoms with Crippen LogP contribution in [0.5, 0.6) is 0 Å². The largest absolute Gasteiger partial charge is 0.333 e. The van der Waals surface area contributed by atoms with Gasteiger partial charge in [0.2, 0.25) is 0 Å². The molecular formula is C20H20Cl2NO+. The summed E-state index contributed by atoms with van der Waals surface area (Å²) < 4.78 is 0. The fraction of sp³-hybridized carbons (Fsp3) is 0.350. The molecule has 2 aromatic carbocycles. The second-order valence-corrected chi connectivity index (χ2v) is 7.77. The van der Waals surface area contributed by atoms with Crippen LogP contribution in [0, 0.1) is 11.8 Å². The number of quaternary nitrogens is 1. The molecule has 2 fully saturated rings. The van der Waals surface area contributed by atoms with Gasteiger partial charge in [-0.25, -0.2) is 0 Å². The van der Waals surface area contributed by atoms with Crippen molar-refractivity contribution in [1.29, 1.82) is 0 Å². The number of fused-ring (bicyclic) bond motifs is 2. The zero-order valence-electron chi connectivity index (χ0n) is 13.3. The molecule has 0 radical (unpaired) electrons. The number of rotatable bonds is 2. The maximum Gasteiger partial charge on any atom is 0.151 e. The van der Waals surface area contributed by atoms with Crippen LogP contribution >= 0.6 is 23.2 Å². The quantitative estimate of drug-likeness (QED) is 0.848. The molecule has 0 spiro atoms. The van der Waals surface area contributed by atoms with Gasteiger partial charge in [0.1, 0.15) is 12.1 Å². The molecular weight excluding hydrogens is 341 g/mol. The topological polar surface area (TPSA) is 33.7 Å². The molecule has 4 heteroatoms. The van der Waals surface area contributed by atoms with Crippen LogP contribution in [-0.4, -0.2) is 5.78 Å². The van der Waals surface area contributed by atoms with Crippen LogP contribution in [0.1, 0.15) is 42.5 Å². The molecule has 24 heavy (non-hydrogen) atoms. The molecule has 1 heterocycles. The summed E-state index contributed by atoms with van der Waals surface area (Å²) >= 11 is 12.1. The SMILES string of the molecule is O=C1[C@H]2CCC[C@H]1[C@H](c1ccc(Cl)cc1)[NH2+][C@H]2c1ccc(Cl)cc1. The van der Waals surface area contributed by atoms with Crippen molar-refractivity contribution < 1.29 is 10.1 Å². The minimum absolute atomic E-state index is 0.119. The molecule has 2 aromatic rings. The van der Waals surface area contributed by atoms with Crippen molar-refractivity contribution in [2.75, 3.05) is 0 Å². The number of halogens is 2. The summed E-state index contributed by atoms with van der Waals surface area (Å²) in [5.74, 6) is 0.672. The van der Waals surface area contributed by atoms with Gasteiger partial charge in [-0.05, 0) is 37.1 Å². The maximum atomic E-state index is 13.0. The van der Waals surface area contributed by atoms with Crippen molar-refractivity contribution in [2.24, 2.45) is 11.8 Å². The Morgan fingerprint density at radius 2 is 1.17 bits per heavy atom. The third-order valence-electron chi connectivity index (χ3n) is 5.55. The lowest BCUT2D eigenvalue weighted by molar-refractivity contribution is -0.750. The van der Waals surface area contributed by atoms with E-state index >= 15 is 0 Å². The van der Waals surface area contributed by atoms with Crippen molar-refractivity contribution >= 4 is 29.0 Å². The van der Waals surface area contributed by atoms with Gasteiger partial charge in [-0.1, -0.05) is 53.9 Å². The van der Waals surface area contributed by atoms with Crippen molar-refractivity contribution in [3.8, 4) is 0 Å². The third kappa shape index (κ3) is 2.88. The number of hydrogen-bond acceptors (Lipinski definition) is 1. The first-order valence-corrected chi connectivity index (χ1v) is 9.29. The highest BCUT2D eigenvalue weighted by Gasteiger charge is 2.49. The van der Waals surface area contributed by atoms with E-state index in [0.29, 0.717) is 5.78 Å². The summed E-state index contributed by atoms with van der Waals surface area (Å²) in [6.07, 6.45) is 3.11. The molecule has 4 atom stereocenters. The Balaban J connectivity index is 1.71. The number of hydrogen-bond donors (Lipinski definition) is 1. The number of Topliss-reactive ketones (excluding diaryl/α,β-unsaturated/α-hetero) is 1. The number of benzene rings is 2. The van der Waals surface area contributed by atoms with Gasteiger partial charge in [0, 0.05) is 21.2 Å². The highest BCUT2D eigenvalue weighted by atomic mass is 35.5. The first-order valence-electron chi connectivity index (χ1n) is 8.53. The van der Waals surface area contributed by atoms with E-state index in [-0.39, 0.29) is 23.9 Å². The molecule has 4 rings (SSSR count). The van der Waals surface area contributed by atoms with Crippen LogP contribution in [0.2, 0.25) is 10.0 Å². The van der Waals surface area contributed by atoms with Gasteiger partial charge < -0.3 is 5.32 Å². The lowest BCUT2D eigenvalue weighted by atomic mass is 9.67. The highest BCUT2D eigenvalue weighted by molar-refractivity contribution is 6.30. The van der Waals surface area contributed by atoms with Crippen molar-refractivity contribution in [3.05, 3.63) is 69.7 Å². The van der Waals surface area contributed by atoms with Crippen LogP contribution < -0.4 is 5.32 Å². The van der Waals surface area contributed by atoms with Gasteiger partial charge in [-0.15, -0.1) is 0 Å². The van der Waals surface area contributed by atoms with E-state index in [4.69, 9.17) is 23.2 Å². The van der Waals surface area contributed by atoms with Gasteiger partial charge in [0.05, 0.1) is 11.8 Å². The van der Waals surface area contributed by atoms with E-state index in [1.807, 2.05) is 24.3 Å². The Morgan fingerprint density at radius 1 is 0.750 bits per heavy atom. The van der Waals surface area contributed by atoms with Gasteiger partial charge >= 0.3 is 0 Å². The Kier molecular flexibility index (Phi) is 4.38. The second-order valence-electron chi connectivity index (χ2n) is 6.89. The molecule has 1 saturated heterocycles. The minimum atomic E-state index is 0.119. The predicted octanol–water partition coefficient (Wildman–Crippen LogP) is 4.34. The molecule has 2 nitrogen and oxygen atoms in total. The Labute approximate surface area is 152 Å². The van der Waals surface area contributed by atoms with E-state index in [2.05, 4.69) is 29.6 Å². The van der Waals surface area contributed by atoms with E-state index in [1.165, 1.54) is 11.1 Å². The Bertz CT molecular complexity index is 680. The van der Waals surface area contributed by atoms with Crippen LogP contribution in [-0.2, 0) is 4.79 Å². The van der Waals surface area contributed by atoms with E-state index in [1.54, 1.807) is 0 Å². The van der Waals surface area contributed by atoms with Crippen LogP contribution in [0.25, 0.3) is 0 Å². The fourth-order valence-corrected chi connectivity index (χ4v) is 4.63. The monoisotopic (exact) mass is 360 g/mol. The molecule has 2 N–H and O–H groups in total. The van der Waals surface area contributed by atoms with Gasteiger partial charge in [0.25, 0.3) is 0 Å². The molecule has 0 amide bonds. The summed E-state index contributed by atoms with van der Waals surface area (Å²) in [6.45, 7) is 0. The summed E-state index contributed by atoms with van der Waals surface area (Å²) in [7, 11) is 0. The van der Waals surface area contributed by atoms with E-state index in [0.717, 1.165) is 29.3 Å². The summed E-state index contributed by atoms with van der Waals surface area (Å²) in [5, 5.41) is 3.86. The Morgan fingerprint density at radius 3 is 1.58 bits per heavy atom. The zero-order chi connectivity index (χ0) is 16.7. The molecule has 0 aromatic heterocycles. The molecule has 124 valence electrons. The lowest BCUT2D eigenvalue weighted by Crippen LogP contribution is -2.92. The van der Waals surface area contributed by atoms with E-state index < -0.39 is 0 Å².